The van der Waals surface area contributed by atoms with Gasteiger partial charge >= 0.3 is 0 Å². The molecule has 0 N–H and O–H groups in total. The van der Waals surface area contributed by atoms with Gasteiger partial charge in [-0.05, 0) is 19.5 Å². The highest BCUT2D eigenvalue weighted by atomic mass is 15.0. The van der Waals surface area contributed by atoms with Crippen LogP contribution >= 0.6 is 0 Å². The second-order valence-electron chi connectivity index (χ2n) is 2.15. The minimum absolute atomic E-state index is 1.04. The largest absolute Gasteiger partial charge is 0.384 e. The lowest BCUT2D eigenvalue weighted by Crippen LogP contribution is -1.99. The van der Waals surface area contributed by atoms with Gasteiger partial charge in [0, 0.05) is 14.1 Å². The van der Waals surface area contributed by atoms with E-state index >= 15 is 0 Å². The van der Waals surface area contributed by atoms with E-state index in [0.29, 0.717) is 0 Å². The van der Waals surface area contributed by atoms with Crippen molar-refractivity contribution < 1.29 is 0 Å². The summed E-state index contributed by atoms with van der Waals surface area (Å²) in [4.78, 5) is 2.03. The van der Waals surface area contributed by atoms with Crippen molar-refractivity contribution >= 4 is 0 Å². The lowest BCUT2D eigenvalue weighted by molar-refractivity contribution is 0.562. The van der Waals surface area contributed by atoms with Gasteiger partial charge in [-0.15, -0.1) is 0 Å². The molecule has 0 aromatic heterocycles. The number of hydrogen-bond donors (Lipinski definition) is 0. The van der Waals surface area contributed by atoms with Gasteiger partial charge in [-0.1, -0.05) is 18.2 Å². The van der Waals surface area contributed by atoms with Gasteiger partial charge in [0.25, 0.3) is 0 Å². The molecule has 0 aromatic carbocycles. The van der Waals surface area contributed by atoms with E-state index in [2.05, 4.69) is 24.4 Å². The van der Waals surface area contributed by atoms with Gasteiger partial charge in [0.1, 0.15) is 0 Å². The number of rotatable bonds is 3. The van der Waals surface area contributed by atoms with E-state index < -0.39 is 0 Å². The van der Waals surface area contributed by atoms with Crippen molar-refractivity contribution in [2.75, 3.05) is 14.1 Å². The summed E-state index contributed by atoms with van der Waals surface area (Å²) in [5.41, 5.74) is 0. The van der Waals surface area contributed by atoms with Crippen LogP contribution in [0.4, 0.5) is 0 Å². The van der Waals surface area contributed by atoms with Crippen LogP contribution < -0.4 is 0 Å². The predicted molar refractivity (Wildman–Crippen MR) is 42.3 cm³/mol. The van der Waals surface area contributed by atoms with Crippen LogP contribution in [-0.4, -0.2) is 19.0 Å². The van der Waals surface area contributed by atoms with E-state index in [-0.39, 0.29) is 0 Å². The molecular formula is C8H15N. The van der Waals surface area contributed by atoms with Crippen LogP contribution in [0.1, 0.15) is 13.3 Å². The molecule has 0 radical (unpaired) electrons. The summed E-state index contributed by atoms with van der Waals surface area (Å²) in [5.74, 6) is 0. The van der Waals surface area contributed by atoms with Crippen molar-refractivity contribution in [2.45, 2.75) is 13.3 Å². The van der Waals surface area contributed by atoms with Gasteiger partial charge < -0.3 is 4.90 Å². The highest BCUT2D eigenvalue weighted by Crippen LogP contribution is 1.85. The number of allylic oxidation sites excluding steroid dienone is 3. The molecule has 1 nitrogen and oxygen atoms in total. The second-order valence-corrected chi connectivity index (χ2v) is 2.15. The van der Waals surface area contributed by atoms with Gasteiger partial charge in [-0.3, -0.25) is 0 Å². The predicted octanol–water partition coefficient (Wildman–Crippen LogP) is 2.03. The molecule has 0 amide bonds. The summed E-state index contributed by atoms with van der Waals surface area (Å²) in [6.45, 7) is 2.03. The van der Waals surface area contributed by atoms with Gasteiger partial charge in [0.2, 0.25) is 0 Å². The van der Waals surface area contributed by atoms with Crippen molar-refractivity contribution in [3.05, 3.63) is 24.4 Å². The molecule has 0 unspecified atom stereocenters. The van der Waals surface area contributed by atoms with E-state index in [4.69, 9.17) is 0 Å². The third-order valence-electron chi connectivity index (χ3n) is 0.911. The number of nitrogens with zero attached hydrogens (tertiary/aromatic N) is 1. The van der Waals surface area contributed by atoms with Gasteiger partial charge in [0.05, 0.1) is 0 Å². The zero-order valence-electron chi connectivity index (χ0n) is 6.46. The van der Waals surface area contributed by atoms with Gasteiger partial charge in [-0.2, -0.15) is 0 Å². The van der Waals surface area contributed by atoms with Crippen molar-refractivity contribution in [3.8, 4) is 0 Å². The Bertz CT molecular complexity index is 101. The zero-order chi connectivity index (χ0) is 7.11. The second kappa shape index (κ2) is 5.42. The van der Waals surface area contributed by atoms with Crippen molar-refractivity contribution in [2.24, 2.45) is 0 Å². The van der Waals surface area contributed by atoms with E-state index in [9.17, 15) is 0 Å². The molecule has 0 spiro atoms. The molecule has 0 aromatic rings. The average Bonchev–Trinajstić information content (AvgIpc) is 1.80. The fourth-order valence-corrected chi connectivity index (χ4v) is 0.486. The summed E-state index contributed by atoms with van der Waals surface area (Å²) >= 11 is 0. The molecule has 0 saturated carbocycles. The molecule has 0 bridgehead atoms. The topological polar surface area (TPSA) is 3.24 Å². The third kappa shape index (κ3) is 7.28. The van der Waals surface area contributed by atoms with E-state index in [1.807, 2.05) is 25.9 Å². The maximum Gasteiger partial charge on any atom is 0.00555 e. The van der Waals surface area contributed by atoms with E-state index in [1.165, 1.54) is 0 Å². The van der Waals surface area contributed by atoms with Crippen LogP contribution in [0.25, 0.3) is 0 Å². The molecular weight excluding hydrogens is 110 g/mol. The quantitative estimate of drug-likeness (QED) is 0.522. The highest BCUT2D eigenvalue weighted by Gasteiger charge is 1.72. The first-order chi connectivity index (χ1) is 4.27. The lowest BCUT2D eigenvalue weighted by Gasteiger charge is -2.01. The summed E-state index contributed by atoms with van der Waals surface area (Å²) in [6.07, 6.45) is 9.40. The fourth-order valence-electron chi connectivity index (χ4n) is 0.486. The Kier molecular flexibility index (Phi) is 4.98. The Balaban J connectivity index is 3.25. The molecule has 0 saturated heterocycles. The van der Waals surface area contributed by atoms with Crippen LogP contribution in [0.3, 0.4) is 0 Å². The monoisotopic (exact) mass is 125 g/mol. The molecule has 1 heteroatoms. The minimum atomic E-state index is 1.04. The summed E-state index contributed by atoms with van der Waals surface area (Å²) in [5, 5.41) is 0. The van der Waals surface area contributed by atoms with Crippen LogP contribution in [0.15, 0.2) is 24.4 Å². The van der Waals surface area contributed by atoms with Crippen molar-refractivity contribution in [1.82, 2.24) is 4.90 Å². The first-order valence-corrected chi connectivity index (χ1v) is 3.21. The van der Waals surface area contributed by atoms with Crippen molar-refractivity contribution in [1.29, 1.82) is 0 Å². The Morgan fingerprint density at radius 2 is 1.89 bits per heavy atom. The highest BCUT2D eigenvalue weighted by molar-refractivity contribution is 4.89. The summed E-state index contributed by atoms with van der Waals surface area (Å²) < 4.78 is 0. The third-order valence-corrected chi connectivity index (χ3v) is 0.911. The van der Waals surface area contributed by atoms with Crippen LogP contribution in [-0.2, 0) is 0 Å². The Morgan fingerprint density at radius 3 is 2.33 bits per heavy atom. The Hall–Kier alpha value is -0.720. The molecule has 9 heavy (non-hydrogen) atoms. The Labute approximate surface area is 57.7 Å². The van der Waals surface area contributed by atoms with E-state index in [1.54, 1.807) is 0 Å². The van der Waals surface area contributed by atoms with Crippen LogP contribution in [0.5, 0.6) is 0 Å². The molecule has 0 rings (SSSR count). The first kappa shape index (κ1) is 8.28. The molecule has 0 aliphatic rings. The Morgan fingerprint density at radius 1 is 1.22 bits per heavy atom. The molecule has 0 aliphatic carbocycles. The van der Waals surface area contributed by atoms with Crippen LogP contribution in [0.2, 0.25) is 0 Å². The SMILES string of the molecule is CC=CCC=CN(C)C. The summed E-state index contributed by atoms with van der Waals surface area (Å²) in [6, 6.07) is 0. The minimum Gasteiger partial charge on any atom is -0.384 e. The summed E-state index contributed by atoms with van der Waals surface area (Å²) in [7, 11) is 4.04. The molecule has 0 atom stereocenters. The average molecular weight is 125 g/mol. The maximum absolute atomic E-state index is 2.12. The van der Waals surface area contributed by atoms with Crippen molar-refractivity contribution in [3.63, 3.8) is 0 Å². The normalized spacial score (nSPS) is 11.4. The molecule has 0 aliphatic heterocycles. The standard InChI is InChI=1S/C8H15N/c1-4-5-6-7-8-9(2)3/h4-5,7-8H,6H2,1-3H3. The smallest absolute Gasteiger partial charge is 0.00555 e. The first-order valence-electron chi connectivity index (χ1n) is 3.21. The van der Waals surface area contributed by atoms with E-state index in [0.717, 1.165) is 6.42 Å². The van der Waals surface area contributed by atoms with Gasteiger partial charge in [-0.25, -0.2) is 0 Å². The molecule has 0 heterocycles. The lowest BCUT2D eigenvalue weighted by atomic mass is 10.4. The van der Waals surface area contributed by atoms with Gasteiger partial charge in [0.15, 0.2) is 0 Å². The molecule has 0 fully saturated rings. The fraction of sp³-hybridized carbons (Fsp3) is 0.500. The maximum atomic E-state index is 2.12. The molecule has 52 valence electrons. The number of hydrogen-bond acceptors (Lipinski definition) is 1. The zero-order valence-corrected chi connectivity index (χ0v) is 6.46. The van der Waals surface area contributed by atoms with Crippen LogP contribution in [0, 0.1) is 0 Å².